The Kier molecular flexibility index (Phi) is 4.29. The maximum Gasteiger partial charge on any atom is 0.0901 e. The van der Waals surface area contributed by atoms with Gasteiger partial charge in [-0.25, -0.2) is 4.98 Å². The molecule has 0 spiro atoms. The molecule has 2 nitrogen and oxygen atoms in total. The van der Waals surface area contributed by atoms with Crippen molar-refractivity contribution in [1.29, 1.82) is 0 Å². The van der Waals surface area contributed by atoms with Crippen LogP contribution in [-0.4, -0.2) is 11.0 Å². The predicted molar refractivity (Wildman–Crippen MR) is 91.9 cm³/mol. The molecule has 112 valence electrons. The molecule has 0 radical (unpaired) electrons. The summed E-state index contributed by atoms with van der Waals surface area (Å²) < 4.78 is 0. The molecule has 3 heteroatoms. The number of nitrogens with one attached hydrogen (secondary N) is 1. The van der Waals surface area contributed by atoms with Crippen LogP contribution in [0.5, 0.6) is 0 Å². The Morgan fingerprint density at radius 1 is 1.14 bits per heavy atom. The van der Waals surface area contributed by atoms with Gasteiger partial charge in [-0.2, -0.15) is 0 Å². The van der Waals surface area contributed by atoms with Gasteiger partial charge in [0.15, 0.2) is 0 Å². The number of hydrogen-bond donors (Lipinski definition) is 1. The highest BCUT2D eigenvalue weighted by Crippen LogP contribution is 2.31. The Balaban J connectivity index is 1.67. The van der Waals surface area contributed by atoms with Gasteiger partial charge in [-0.1, -0.05) is 26.0 Å². The standard InChI is InChI=1S/C18H24N2S/c1-12-4-9-17(13(2)10-12)20-16-7-5-15(6-8-16)18-11-21-14(3)19-18/h5-8,11-13,17,20H,4,9-10H2,1-3H3. The second-order valence-electron chi connectivity index (χ2n) is 6.48. The quantitative estimate of drug-likeness (QED) is 0.826. The number of thiazole rings is 1. The molecule has 21 heavy (non-hydrogen) atoms. The third kappa shape index (κ3) is 3.46. The van der Waals surface area contributed by atoms with Gasteiger partial charge in [0.1, 0.15) is 0 Å². The average Bonchev–Trinajstić information content (AvgIpc) is 2.89. The van der Waals surface area contributed by atoms with Crippen LogP contribution in [0.15, 0.2) is 29.6 Å². The van der Waals surface area contributed by atoms with Crippen molar-refractivity contribution in [2.24, 2.45) is 11.8 Å². The fourth-order valence-corrected chi connectivity index (χ4v) is 3.95. The molecule has 0 bridgehead atoms. The average molecular weight is 300 g/mol. The van der Waals surface area contributed by atoms with Gasteiger partial charge in [0.05, 0.1) is 10.7 Å². The molecule has 0 aliphatic heterocycles. The Morgan fingerprint density at radius 3 is 2.52 bits per heavy atom. The van der Waals surface area contributed by atoms with Crippen molar-refractivity contribution in [1.82, 2.24) is 4.98 Å². The van der Waals surface area contributed by atoms with Crippen molar-refractivity contribution in [3.63, 3.8) is 0 Å². The molecule has 1 aliphatic rings. The van der Waals surface area contributed by atoms with Gasteiger partial charge in [-0.15, -0.1) is 11.3 Å². The van der Waals surface area contributed by atoms with Crippen LogP contribution in [0.3, 0.4) is 0 Å². The van der Waals surface area contributed by atoms with Crippen LogP contribution in [0.2, 0.25) is 0 Å². The Bertz CT molecular complexity index is 588. The Hall–Kier alpha value is -1.35. The number of aromatic nitrogens is 1. The molecule has 2 aromatic rings. The number of aryl methyl sites for hydroxylation is 1. The highest BCUT2D eigenvalue weighted by Gasteiger charge is 2.24. The molecule has 1 fully saturated rings. The van der Waals surface area contributed by atoms with Gasteiger partial charge in [-0.05, 0) is 50.2 Å². The topological polar surface area (TPSA) is 24.9 Å². The maximum absolute atomic E-state index is 4.54. The van der Waals surface area contributed by atoms with Gasteiger partial charge in [0.25, 0.3) is 0 Å². The molecule has 0 amide bonds. The van der Waals surface area contributed by atoms with Crippen molar-refractivity contribution in [2.45, 2.75) is 46.1 Å². The molecule has 1 aromatic heterocycles. The van der Waals surface area contributed by atoms with Crippen molar-refractivity contribution < 1.29 is 0 Å². The van der Waals surface area contributed by atoms with Crippen LogP contribution < -0.4 is 5.32 Å². The summed E-state index contributed by atoms with van der Waals surface area (Å²) in [6, 6.07) is 9.34. The second kappa shape index (κ2) is 6.18. The Morgan fingerprint density at radius 2 is 1.90 bits per heavy atom. The first-order valence-electron chi connectivity index (χ1n) is 7.91. The van der Waals surface area contributed by atoms with Gasteiger partial charge in [-0.3, -0.25) is 0 Å². The monoisotopic (exact) mass is 300 g/mol. The van der Waals surface area contributed by atoms with Gasteiger partial charge in [0.2, 0.25) is 0 Å². The molecular weight excluding hydrogens is 276 g/mol. The van der Waals surface area contributed by atoms with E-state index in [0.29, 0.717) is 6.04 Å². The van der Waals surface area contributed by atoms with E-state index >= 15 is 0 Å². The first kappa shape index (κ1) is 14.6. The molecule has 1 saturated carbocycles. The minimum Gasteiger partial charge on any atom is -0.382 e. The molecular formula is C18H24N2S. The summed E-state index contributed by atoms with van der Waals surface area (Å²) in [6.07, 6.45) is 3.97. The van der Waals surface area contributed by atoms with E-state index in [4.69, 9.17) is 0 Å². The maximum atomic E-state index is 4.54. The van der Waals surface area contributed by atoms with Gasteiger partial charge < -0.3 is 5.32 Å². The molecule has 1 heterocycles. The lowest BCUT2D eigenvalue weighted by molar-refractivity contribution is 0.276. The lowest BCUT2D eigenvalue weighted by atomic mass is 9.80. The zero-order valence-electron chi connectivity index (χ0n) is 13.1. The van der Waals surface area contributed by atoms with E-state index in [-0.39, 0.29) is 0 Å². The first-order chi connectivity index (χ1) is 10.1. The van der Waals surface area contributed by atoms with Crippen LogP contribution in [0, 0.1) is 18.8 Å². The summed E-state index contributed by atoms with van der Waals surface area (Å²) >= 11 is 1.71. The van der Waals surface area contributed by atoms with E-state index in [1.54, 1.807) is 11.3 Å². The molecule has 1 N–H and O–H groups in total. The van der Waals surface area contributed by atoms with Crippen molar-refractivity contribution >= 4 is 17.0 Å². The number of nitrogens with zero attached hydrogens (tertiary/aromatic N) is 1. The van der Waals surface area contributed by atoms with Gasteiger partial charge >= 0.3 is 0 Å². The highest BCUT2D eigenvalue weighted by molar-refractivity contribution is 7.09. The SMILES string of the molecule is Cc1nc(-c2ccc(NC3CCC(C)CC3C)cc2)cs1. The third-order valence-corrected chi connectivity index (χ3v) is 5.36. The summed E-state index contributed by atoms with van der Waals surface area (Å²) in [4.78, 5) is 4.54. The first-order valence-corrected chi connectivity index (χ1v) is 8.79. The molecule has 3 rings (SSSR count). The molecule has 1 aromatic carbocycles. The van der Waals surface area contributed by atoms with E-state index in [9.17, 15) is 0 Å². The molecule has 0 saturated heterocycles. The summed E-state index contributed by atoms with van der Waals surface area (Å²) in [7, 11) is 0. The van der Waals surface area contributed by atoms with E-state index < -0.39 is 0 Å². The third-order valence-electron chi connectivity index (χ3n) is 4.58. The van der Waals surface area contributed by atoms with Crippen molar-refractivity contribution in [3.05, 3.63) is 34.7 Å². The molecule has 3 unspecified atom stereocenters. The lowest BCUT2D eigenvalue weighted by Gasteiger charge is -2.33. The van der Waals surface area contributed by atoms with E-state index in [1.165, 1.54) is 30.5 Å². The number of benzene rings is 1. The van der Waals surface area contributed by atoms with Crippen LogP contribution in [0.4, 0.5) is 5.69 Å². The van der Waals surface area contributed by atoms with Crippen LogP contribution >= 0.6 is 11.3 Å². The highest BCUT2D eigenvalue weighted by atomic mass is 32.1. The molecule has 3 atom stereocenters. The fraction of sp³-hybridized carbons (Fsp3) is 0.500. The fourth-order valence-electron chi connectivity index (χ4n) is 3.33. The Labute approximate surface area is 131 Å². The van der Waals surface area contributed by atoms with Crippen LogP contribution in [-0.2, 0) is 0 Å². The van der Waals surface area contributed by atoms with Crippen LogP contribution in [0.25, 0.3) is 11.3 Å². The number of anilines is 1. The predicted octanol–water partition coefficient (Wildman–Crippen LogP) is 5.36. The van der Waals surface area contributed by atoms with Crippen LogP contribution in [0.1, 0.15) is 38.1 Å². The van der Waals surface area contributed by atoms with Crippen molar-refractivity contribution in [3.8, 4) is 11.3 Å². The summed E-state index contributed by atoms with van der Waals surface area (Å²) in [5.74, 6) is 1.64. The van der Waals surface area contributed by atoms with E-state index in [1.807, 2.05) is 0 Å². The second-order valence-corrected chi connectivity index (χ2v) is 7.54. The normalized spacial score (nSPS) is 25.8. The largest absolute Gasteiger partial charge is 0.382 e. The van der Waals surface area contributed by atoms with E-state index in [0.717, 1.165) is 22.5 Å². The van der Waals surface area contributed by atoms with Crippen molar-refractivity contribution in [2.75, 3.05) is 5.32 Å². The lowest BCUT2D eigenvalue weighted by Crippen LogP contribution is -2.32. The summed E-state index contributed by atoms with van der Waals surface area (Å²) in [5, 5.41) is 6.97. The zero-order valence-corrected chi connectivity index (χ0v) is 13.9. The summed E-state index contributed by atoms with van der Waals surface area (Å²) in [5.41, 5.74) is 3.52. The minimum absolute atomic E-state index is 0.619. The van der Waals surface area contributed by atoms with Gasteiger partial charge in [0, 0.05) is 22.7 Å². The number of rotatable bonds is 3. The smallest absolute Gasteiger partial charge is 0.0901 e. The summed E-state index contributed by atoms with van der Waals surface area (Å²) in [6.45, 7) is 6.80. The zero-order chi connectivity index (χ0) is 14.8. The minimum atomic E-state index is 0.619. The van der Waals surface area contributed by atoms with E-state index in [2.05, 4.69) is 60.7 Å². The molecule has 1 aliphatic carbocycles. The number of hydrogen-bond acceptors (Lipinski definition) is 3.